The van der Waals surface area contributed by atoms with Gasteiger partial charge in [-0.3, -0.25) is 0 Å². The topological polar surface area (TPSA) is 92.5 Å². The largest absolute Gasteiger partial charge is 0.463 e. The molecular formula is C22H23F2N3O4S. The van der Waals surface area contributed by atoms with Crippen LogP contribution in [0.4, 0.5) is 8.78 Å². The Bertz CT molecular complexity index is 1110. The highest BCUT2D eigenvalue weighted by Crippen LogP contribution is 2.36. The number of aryl methyl sites for hydroxylation is 1. The van der Waals surface area contributed by atoms with Crippen molar-refractivity contribution in [2.24, 2.45) is 0 Å². The van der Waals surface area contributed by atoms with Crippen LogP contribution in [0.5, 0.6) is 0 Å². The van der Waals surface area contributed by atoms with Gasteiger partial charge in [-0.05, 0) is 57.6 Å². The van der Waals surface area contributed by atoms with Gasteiger partial charge in [-0.1, -0.05) is 6.07 Å². The fourth-order valence-electron chi connectivity index (χ4n) is 3.70. The highest BCUT2D eigenvalue weighted by Gasteiger charge is 2.37. The average molecular weight is 464 g/mol. The summed E-state index contributed by atoms with van der Waals surface area (Å²) < 4.78 is 39.6. The van der Waals surface area contributed by atoms with Crippen LogP contribution in [0.15, 0.2) is 23.8 Å². The smallest absolute Gasteiger partial charge is 0.340 e. The van der Waals surface area contributed by atoms with Gasteiger partial charge in [0.05, 0.1) is 47.3 Å². The minimum absolute atomic E-state index is 0.0450. The molecule has 7 nitrogen and oxygen atoms in total. The van der Waals surface area contributed by atoms with E-state index in [1.165, 1.54) is 6.07 Å². The number of carbonyl (C=O) groups excluding carboxylic acids is 2. The molecule has 0 spiro atoms. The molecule has 1 aliphatic heterocycles. The Labute approximate surface area is 189 Å². The molecule has 0 amide bonds. The molecule has 170 valence electrons. The number of thiocarbonyl (C=S) groups is 1. The van der Waals surface area contributed by atoms with E-state index < -0.39 is 29.6 Å². The highest BCUT2D eigenvalue weighted by molar-refractivity contribution is 7.80. The monoisotopic (exact) mass is 463 g/mol. The van der Waals surface area contributed by atoms with Gasteiger partial charge in [0.2, 0.25) is 0 Å². The number of ether oxygens (including phenoxy) is 2. The van der Waals surface area contributed by atoms with Crippen LogP contribution < -0.4 is 10.6 Å². The second kappa shape index (κ2) is 9.47. The Kier molecular flexibility index (Phi) is 6.93. The first-order valence-corrected chi connectivity index (χ1v) is 10.4. The van der Waals surface area contributed by atoms with E-state index >= 15 is 0 Å². The lowest BCUT2D eigenvalue weighted by molar-refractivity contribution is -0.138. The molecule has 0 bridgehead atoms. The number of hydrogen-bond acceptors (Lipinski definition) is 5. The van der Waals surface area contributed by atoms with Crippen molar-refractivity contribution in [2.45, 2.75) is 33.7 Å². The first-order valence-electron chi connectivity index (χ1n) is 10.0. The molecule has 2 aromatic rings. The minimum Gasteiger partial charge on any atom is -0.463 e. The summed E-state index contributed by atoms with van der Waals surface area (Å²) in [7, 11) is 0. The van der Waals surface area contributed by atoms with Crippen LogP contribution in [0, 0.1) is 25.5 Å². The summed E-state index contributed by atoms with van der Waals surface area (Å²) in [5, 5.41) is 5.69. The first kappa shape index (κ1) is 23.4. The average Bonchev–Trinajstić information content (AvgIpc) is 3.01. The summed E-state index contributed by atoms with van der Waals surface area (Å²) in [5.74, 6) is -3.02. The zero-order valence-corrected chi connectivity index (χ0v) is 18.8. The van der Waals surface area contributed by atoms with Crippen LogP contribution in [0.2, 0.25) is 0 Å². The van der Waals surface area contributed by atoms with E-state index in [2.05, 4.69) is 15.6 Å². The van der Waals surface area contributed by atoms with Gasteiger partial charge in [-0.25, -0.2) is 18.4 Å². The lowest BCUT2D eigenvalue weighted by Crippen LogP contribution is -2.46. The normalized spacial score (nSPS) is 15.8. The van der Waals surface area contributed by atoms with Gasteiger partial charge in [0, 0.05) is 5.69 Å². The Balaban J connectivity index is 2.29. The number of hydrogen-bond donors (Lipinski definition) is 3. The van der Waals surface area contributed by atoms with Gasteiger partial charge < -0.3 is 25.1 Å². The van der Waals surface area contributed by atoms with Crippen LogP contribution in [-0.4, -0.2) is 35.2 Å². The van der Waals surface area contributed by atoms with Gasteiger partial charge >= 0.3 is 11.9 Å². The Morgan fingerprint density at radius 1 is 1.06 bits per heavy atom. The number of H-pyrrole nitrogens is 1. The lowest BCUT2D eigenvalue weighted by atomic mass is 9.92. The quantitative estimate of drug-likeness (QED) is 0.446. The van der Waals surface area contributed by atoms with Crippen molar-refractivity contribution in [3.63, 3.8) is 0 Å². The molecule has 1 aromatic carbocycles. The Hall–Kier alpha value is -3.27. The number of esters is 2. The maximum Gasteiger partial charge on any atom is 0.340 e. The molecule has 1 aromatic heterocycles. The zero-order chi connectivity index (χ0) is 23.6. The van der Waals surface area contributed by atoms with Crippen molar-refractivity contribution < 1.29 is 27.8 Å². The van der Waals surface area contributed by atoms with E-state index in [-0.39, 0.29) is 35.2 Å². The van der Waals surface area contributed by atoms with Crippen LogP contribution >= 0.6 is 12.2 Å². The second-order valence-corrected chi connectivity index (χ2v) is 7.43. The summed E-state index contributed by atoms with van der Waals surface area (Å²) in [5.41, 5.74) is 1.37. The van der Waals surface area contributed by atoms with Gasteiger partial charge in [0.15, 0.2) is 5.11 Å². The van der Waals surface area contributed by atoms with Crippen LogP contribution in [0.25, 0.3) is 5.70 Å². The summed E-state index contributed by atoms with van der Waals surface area (Å²) in [4.78, 5) is 28.5. The predicted octanol–water partition coefficient (Wildman–Crippen LogP) is 3.58. The predicted molar refractivity (Wildman–Crippen MR) is 118 cm³/mol. The van der Waals surface area contributed by atoms with E-state index in [0.29, 0.717) is 22.5 Å². The van der Waals surface area contributed by atoms with Gasteiger partial charge in [-0.2, -0.15) is 0 Å². The number of benzene rings is 1. The van der Waals surface area contributed by atoms with E-state index in [4.69, 9.17) is 21.7 Å². The van der Waals surface area contributed by atoms with Crippen LogP contribution in [0.1, 0.15) is 52.8 Å². The van der Waals surface area contributed by atoms with E-state index in [1.807, 2.05) is 0 Å². The molecule has 2 heterocycles. The van der Waals surface area contributed by atoms with Crippen LogP contribution in [0.3, 0.4) is 0 Å². The molecule has 0 saturated carbocycles. The molecule has 32 heavy (non-hydrogen) atoms. The fourth-order valence-corrected chi connectivity index (χ4v) is 3.92. The van der Waals surface area contributed by atoms with Crippen LogP contribution in [-0.2, 0) is 14.3 Å². The minimum atomic E-state index is -1.26. The van der Waals surface area contributed by atoms with Crippen molar-refractivity contribution >= 4 is 35.0 Å². The molecule has 0 fully saturated rings. The van der Waals surface area contributed by atoms with Crippen molar-refractivity contribution in [3.05, 3.63) is 63.5 Å². The molecule has 0 unspecified atom stereocenters. The molecule has 3 N–H and O–H groups in total. The standard InChI is InChI=1S/C22H23F2N3O4S/c1-5-30-20(28)14-10(3)17(25-11(14)4)19-16(21(29)31-6-2)18(26-22(32)27-19)15-12(23)8-7-9-13(15)24/h7-9,18,25H,5-6H2,1-4H3,(H2,26,27,32)/t18-/m0/s1. The third-order valence-corrected chi connectivity index (χ3v) is 5.24. The third-order valence-electron chi connectivity index (χ3n) is 5.02. The van der Waals surface area contributed by atoms with Crippen molar-refractivity contribution in [2.75, 3.05) is 13.2 Å². The van der Waals surface area contributed by atoms with Gasteiger partial charge in [0.1, 0.15) is 11.6 Å². The zero-order valence-electron chi connectivity index (χ0n) is 18.0. The lowest BCUT2D eigenvalue weighted by Gasteiger charge is -2.31. The molecule has 1 atom stereocenters. The SMILES string of the molecule is CCOC(=O)C1=C(c2[nH]c(C)c(C(=O)OCC)c2C)NC(=S)N[C@H]1c1c(F)cccc1F. The summed E-state index contributed by atoms with van der Waals surface area (Å²) in [6.07, 6.45) is 0. The second-order valence-electron chi connectivity index (χ2n) is 7.02. The van der Waals surface area contributed by atoms with E-state index in [0.717, 1.165) is 12.1 Å². The molecule has 3 rings (SSSR count). The third kappa shape index (κ3) is 4.22. The maximum atomic E-state index is 14.7. The first-order chi connectivity index (χ1) is 15.2. The number of nitrogens with one attached hydrogen (secondary N) is 3. The molecule has 1 aliphatic rings. The highest BCUT2D eigenvalue weighted by atomic mass is 32.1. The van der Waals surface area contributed by atoms with Crippen molar-refractivity contribution in [1.82, 2.24) is 15.6 Å². The van der Waals surface area contributed by atoms with E-state index in [9.17, 15) is 18.4 Å². The van der Waals surface area contributed by atoms with Gasteiger partial charge in [-0.15, -0.1) is 0 Å². The molecule has 0 radical (unpaired) electrons. The molecule has 0 saturated heterocycles. The summed E-state index contributed by atoms with van der Waals surface area (Å²) in [6, 6.07) is 2.16. The van der Waals surface area contributed by atoms with Crippen molar-refractivity contribution in [1.29, 1.82) is 0 Å². The number of aromatic amines is 1. The van der Waals surface area contributed by atoms with E-state index in [1.54, 1.807) is 27.7 Å². The summed E-state index contributed by atoms with van der Waals surface area (Å²) in [6.45, 7) is 6.90. The summed E-state index contributed by atoms with van der Waals surface area (Å²) >= 11 is 5.27. The van der Waals surface area contributed by atoms with Gasteiger partial charge in [0.25, 0.3) is 0 Å². The Morgan fingerprint density at radius 3 is 2.25 bits per heavy atom. The molecule has 10 heteroatoms. The number of aromatic nitrogens is 1. The number of rotatable bonds is 6. The molecular weight excluding hydrogens is 440 g/mol. The molecule has 0 aliphatic carbocycles. The van der Waals surface area contributed by atoms with Crippen molar-refractivity contribution in [3.8, 4) is 0 Å². The fraction of sp³-hybridized carbons (Fsp3) is 0.318. The number of carbonyl (C=O) groups is 2. The number of halogens is 2. The Morgan fingerprint density at radius 2 is 1.66 bits per heavy atom. The maximum absolute atomic E-state index is 14.7.